The highest BCUT2D eigenvalue weighted by atomic mass is 32.1. The Bertz CT molecular complexity index is 942. The van der Waals surface area contributed by atoms with Crippen LogP contribution >= 0.6 is 11.3 Å². The molecule has 0 aliphatic rings. The van der Waals surface area contributed by atoms with Gasteiger partial charge in [-0.3, -0.25) is 9.59 Å². The van der Waals surface area contributed by atoms with Crippen LogP contribution in [0.4, 0.5) is 5.69 Å². The first-order chi connectivity index (χ1) is 14.6. The number of hydrogen-bond donors (Lipinski definition) is 3. The summed E-state index contributed by atoms with van der Waals surface area (Å²) in [5.74, 6) is -0.129. The molecule has 0 radical (unpaired) electrons. The van der Waals surface area contributed by atoms with Crippen LogP contribution in [-0.2, 0) is 22.6 Å². The number of benzene rings is 2. The number of carbonyl (C=O) groups excluding carboxylic acids is 2. The summed E-state index contributed by atoms with van der Waals surface area (Å²) in [5, 5.41) is 7.95. The van der Waals surface area contributed by atoms with Crippen LogP contribution < -0.4 is 15.5 Å². The Balaban J connectivity index is 1.53. The minimum absolute atomic E-state index is 0.0440. The first-order valence-corrected chi connectivity index (χ1v) is 11.1. The van der Waals surface area contributed by atoms with E-state index in [1.54, 1.807) is 11.3 Å². The second kappa shape index (κ2) is 11.3. The van der Waals surface area contributed by atoms with Gasteiger partial charge in [0.2, 0.25) is 0 Å². The van der Waals surface area contributed by atoms with E-state index in [2.05, 4.69) is 22.8 Å². The number of thiophene rings is 1. The molecule has 0 saturated carbocycles. The topological polar surface area (TPSA) is 62.6 Å². The number of quaternary nitrogens is 1. The van der Waals surface area contributed by atoms with Gasteiger partial charge in [-0.15, -0.1) is 11.3 Å². The minimum Gasteiger partial charge on any atom is -0.346 e. The molecule has 2 amide bonds. The van der Waals surface area contributed by atoms with Crippen molar-refractivity contribution in [3.63, 3.8) is 0 Å². The van der Waals surface area contributed by atoms with E-state index in [9.17, 15) is 9.59 Å². The van der Waals surface area contributed by atoms with Crippen LogP contribution in [0.1, 0.15) is 22.9 Å². The molecule has 0 bridgehead atoms. The summed E-state index contributed by atoms with van der Waals surface area (Å²) in [4.78, 5) is 26.9. The van der Waals surface area contributed by atoms with Crippen molar-refractivity contribution in [2.45, 2.75) is 19.9 Å². The van der Waals surface area contributed by atoms with Crippen molar-refractivity contribution in [1.82, 2.24) is 5.32 Å². The van der Waals surface area contributed by atoms with E-state index in [1.165, 1.54) is 5.56 Å². The molecule has 0 fully saturated rings. The van der Waals surface area contributed by atoms with Crippen molar-refractivity contribution in [1.29, 1.82) is 0 Å². The first-order valence-electron chi connectivity index (χ1n) is 10.2. The summed E-state index contributed by atoms with van der Waals surface area (Å²) in [6, 6.07) is 22.0. The lowest BCUT2D eigenvalue weighted by Crippen LogP contribution is -3.14. The lowest BCUT2D eigenvalue weighted by Gasteiger charge is -2.17. The lowest BCUT2D eigenvalue weighted by atomic mass is 10.0. The molecule has 1 atom stereocenters. The Morgan fingerprint density at radius 1 is 0.900 bits per heavy atom. The van der Waals surface area contributed by atoms with E-state index in [0.29, 0.717) is 13.1 Å². The van der Waals surface area contributed by atoms with E-state index < -0.39 is 0 Å². The maximum Gasteiger partial charge on any atom is 0.279 e. The molecule has 0 aliphatic heterocycles. The molecule has 3 aromatic rings. The van der Waals surface area contributed by atoms with E-state index >= 15 is 0 Å². The zero-order valence-electron chi connectivity index (χ0n) is 17.2. The van der Waals surface area contributed by atoms with Crippen molar-refractivity contribution in [3.8, 4) is 0 Å². The quantitative estimate of drug-likeness (QED) is 0.470. The SMILES string of the molecule is CC[NH+](CC(=O)NCc1cccs1)CC(=O)Nc1ccccc1Cc1ccccc1. The number of likely N-dealkylation sites (N-methyl/N-ethyl adjacent to an activating group) is 1. The number of anilines is 1. The van der Waals surface area contributed by atoms with Crippen LogP contribution in [-0.4, -0.2) is 31.4 Å². The molecule has 6 heteroatoms. The maximum absolute atomic E-state index is 12.7. The Hall–Kier alpha value is -2.96. The highest BCUT2D eigenvalue weighted by molar-refractivity contribution is 7.09. The summed E-state index contributed by atoms with van der Waals surface area (Å²) in [6.45, 7) is 3.75. The van der Waals surface area contributed by atoms with Gasteiger partial charge in [-0.2, -0.15) is 0 Å². The first kappa shape index (κ1) is 21.7. The lowest BCUT2D eigenvalue weighted by molar-refractivity contribution is -0.881. The third-order valence-corrected chi connectivity index (χ3v) is 5.77. The van der Waals surface area contributed by atoms with E-state index in [-0.39, 0.29) is 24.9 Å². The Morgan fingerprint density at radius 3 is 2.37 bits per heavy atom. The molecule has 5 nitrogen and oxygen atoms in total. The van der Waals surface area contributed by atoms with E-state index in [1.807, 2.05) is 66.9 Å². The summed E-state index contributed by atoms with van der Waals surface area (Å²) >= 11 is 1.62. The molecule has 156 valence electrons. The summed E-state index contributed by atoms with van der Waals surface area (Å²) < 4.78 is 0. The fourth-order valence-corrected chi connectivity index (χ4v) is 3.88. The van der Waals surface area contributed by atoms with Gasteiger partial charge in [0, 0.05) is 10.6 Å². The second-order valence-electron chi connectivity index (χ2n) is 7.18. The van der Waals surface area contributed by atoms with Crippen molar-refractivity contribution >= 4 is 28.8 Å². The van der Waals surface area contributed by atoms with Crippen LogP contribution in [0.2, 0.25) is 0 Å². The fourth-order valence-electron chi connectivity index (χ4n) is 3.23. The normalized spacial score (nSPS) is 11.6. The van der Waals surface area contributed by atoms with Crippen LogP contribution in [0.15, 0.2) is 72.1 Å². The molecule has 0 aliphatic carbocycles. The maximum atomic E-state index is 12.7. The van der Waals surface area contributed by atoms with Gasteiger partial charge < -0.3 is 15.5 Å². The van der Waals surface area contributed by atoms with Crippen molar-refractivity contribution in [3.05, 3.63) is 88.1 Å². The summed E-state index contributed by atoms with van der Waals surface area (Å²) in [5.41, 5.74) is 3.09. The molecule has 1 unspecified atom stereocenters. The number of para-hydroxylation sites is 1. The third kappa shape index (κ3) is 6.83. The standard InChI is InChI=1S/C24H27N3O2S/c1-2-27(17-23(28)25-16-21-12-8-14-30-21)18-24(29)26-22-13-7-6-11-20(22)15-19-9-4-3-5-10-19/h3-14H,2,15-18H2,1H3,(H,25,28)(H,26,29)/p+1. The molecular formula is C24H28N3O2S+. The van der Waals surface area contributed by atoms with Crippen LogP contribution in [0, 0.1) is 0 Å². The molecule has 1 heterocycles. The van der Waals surface area contributed by atoms with Crippen LogP contribution in [0.3, 0.4) is 0 Å². The van der Waals surface area contributed by atoms with Gasteiger partial charge in [0.25, 0.3) is 11.8 Å². The van der Waals surface area contributed by atoms with Crippen LogP contribution in [0.5, 0.6) is 0 Å². The molecule has 0 saturated heterocycles. The van der Waals surface area contributed by atoms with Gasteiger partial charge in [0.1, 0.15) is 0 Å². The smallest absolute Gasteiger partial charge is 0.279 e. The van der Waals surface area contributed by atoms with Crippen molar-refractivity contribution in [2.24, 2.45) is 0 Å². The molecule has 0 spiro atoms. The highest BCUT2D eigenvalue weighted by Crippen LogP contribution is 2.18. The van der Waals surface area contributed by atoms with Crippen molar-refractivity contribution in [2.75, 3.05) is 25.0 Å². The number of amides is 2. The minimum atomic E-state index is -0.0848. The average molecular weight is 423 g/mol. The van der Waals surface area contributed by atoms with E-state index in [0.717, 1.165) is 27.4 Å². The largest absolute Gasteiger partial charge is 0.346 e. The number of hydrogen-bond acceptors (Lipinski definition) is 3. The Labute approximate surface area is 181 Å². The van der Waals surface area contributed by atoms with E-state index in [4.69, 9.17) is 0 Å². The zero-order valence-corrected chi connectivity index (χ0v) is 18.0. The number of nitrogens with one attached hydrogen (secondary N) is 3. The molecule has 3 N–H and O–H groups in total. The summed E-state index contributed by atoms with van der Waals surface area (Å²) in [6.07, 6.45) is 0.757. The monoisotopic (exact) mass is 422 g/mol. The predicted octanol–water partition coefficient (Wildman–Crippen LogP) is 2.50. The summed E-state index contributed by atoms with van der Waals surface area (Å²) in [7, 11) is 0. The fraction of sp³-hybridized carbons (Fsp3) is 0.250. The molecular weight excluding hydrogens is 394 g/mol. The van der Waals surface area contributed by atoms with Gasteiger partial charge in [-0.1, -0.05) is 54.6 Å². The predicted molar refractivity (Wildman–Crippen MR) is 122 cm³/mol. The van der Waals surface area contributed by atoms with Gasteiger partial charge in [-0.05, 0) is 42.0 Å². The Kier molecular flexibility index (Phi) is 8.18. The third-order valence-electron chi connectivity index (χ3n) is 4.89. The number of carbonyl (C=O) groups is 2. The second-order valence-corrected chi connectivity index (χ2v) is 8.21. The van der Waals surface area contributed by atoms with Crippen molar-refractivity contribution < 1.29 is 14.5 Å². The number of rotatable bonds is 10. The molecule has 2 aromatic carbocycles. The molecule has 3 rings (SSSR count). The Morgan fingerprint density at radius 2 is 1.63 bits per heavy atom. The average Bonchev–Trinajstić information content (AvgIpc) is 3.28. The van der Waals surface area contributed by atoms with Gasteiger partial charge in [0.05, 0.1) is 13.1 Å². The van der Waals surface area contributed by atoms with Gasteiger partial charge in [0.15, 0.2) is 13.1 Å². The van der Waals surface area contributed by atoms with Gasteiger partial charge >= 0.3 is 0 Å². The molecule has 30 heavy (non-hydrogen) atoms. The van der Waals surface area contributed by atoms with Crippen LogP contribution in [0.25, 0.3) is 0 Å². The molecule has 1 aromatic heterocycles. The zero-order chi connectivity index (χ0) is 21.2. The van der Waals surface area contributed by atoms with Gasteiger partial charge in [-0.25, -0.2) is 0 Å². The highest BCUT2D eigenvalue weighted by Gasteiger charge is 2.17.